The van der Waals surface area contributed by atoms with Gasteiger partial charge in [0.15, 0.2) is 0 Å². The maximum atomic E-state index is 12.2. The Hall–Kier alpha value is 0.210. The van der Waals surface area contributed by atoms with E-state index in [1.54, 1.807) is 11.8 Å². The average Bonchev–Trinajstić information content (AvgIpc) is 1.57. The molecular weight excluding hydrogens is 154 g/mol. The van der Waals surface area contributed by atoms with E-state index in [2.05, 4.69) is 0 Å². The minimum absolute atomic E-state index is 0.288. The van der Waals surface area contributed by atoms with E-state index in [4.69, 9.17) is 0 Å². The zero-order valence-corrected chi connectivity index (χ0v) is 6.68. The van der Waals surface area contributed by atoms with Gasteiger partial charge >= 0.3 is 0 Å². The molecule has 0 atom stereocenters. The number of rotatable bonds is 2. The maximum Gasteiger partial charge on any atom is 0.244 e. The van der Waals surface area contributed by atoms with Gasteiger partial charge in [0.1, 0.15) is 0 Å². The van der Waals surface area contributed by atoms with Crippen molar-refractivity contribution in [2.24, 2.45) is 5.41 Å². The number of hydrogen-bond acceptors (Lipinski definition) is 1. The molecule has 0 spiro atoms. The molecule has 3 rings (SSSR count). The van der Waals surface area contributed by atoms with Gasteiger partial charge in [0, 0.05) is 10.2 Å². The number of halogens is 2. The summed E-state index contributed by atoms with van der Waals surface area (Å²) >= 11 is 1.76. The molecular formula is C7H10F2S. The highest BCUT2D eigenvalue weighted by atomic mass is 32.2. The van der Waals surface area contributed by atoms with Crippen molar-refractivity contribution in [1.82, 2.24) is 0 Å². The maximum absolute atomic E-state index is 12.2. The predicted octanol–water partition coefficient (Wildman–Crippen LogP) is 2.54. The van der Waals surface area contributed by atoms with Crippen LogP contribution in [-0.4, -0.2) is 17.4 Å². The van der Waals surface area contributed by atoms with Gasteiger partial charge in [-0.05, 0) is 25.5 Å². The molecule has 3 aliphatic carbocycles. The minimum Gasteiger partial charge on any atom is -0.210 e. The van der Waals surface area contributed by atoms with Crippen LogP contribution in [0.4, 0.5) is 8.78 Å². The van der Waals surface area contributed by atoms with Crippen LogP contribution >= 0.6 is 11.8 Å². The van der Waals surface area contributed by atoms with Gasteiger partial charge in [-0.1, -0.05) is 0 Å². The van der Waals surface area contributed by atoms with Crippen molar-refractivity contribution in [3.8, 4) is 0 Å². The van der Waals surface area contributed by atoms with Crippen LogP contribution in [0.3, 0.4) is 0 Å². The Morgan fingerprint density at radius 3 is 2.10 bits per heavy atom. The van der Waals surface area contributed by atoms with Gasteiger partial charge in [-0.3, -0.25) is 0 Å². The lowest BCUT2D eigenvalue weighted by atomic mass is 9.44. The second-order valence-corrected chi connectivity index (χ2v) is 4.85. The van der Waals surface area contributed by atoms with E-state index < -0.39 is 11.8 Å². The van der Waals surface area contributed by atoms with Gasteiger partial charge in [-0.25, -0.2) is 8.78 Å². The fraction of sp³-hybridized carbons (Fsp3) is 1.00. The van der Waals surface area contributed by atoms with Gasteiger partial charge in [0.2, 0.25) is 6.43 Å². The summed E-state index contributed by atoms with van der Waals surface area (Å²) in [4.78, 5) is 0. The highest BCUT2D eigenvalue weighted by molar-refractivity contribution is 8.00. The number of hydrogen-bond donors (Lipinski definition) is 0. The van der Waals surface area contributed by atoms with Crippen LogP contribution in [0, 0.1) is 5.41 Å². The van der Waals surface area contributed by atoms with Gasteiger partial charge in [-0.2, -0.15) is 11.8 Å². The highest BCUT2D eigenvalue weighted by Crippen LogP contribution is 2.74. The summed E-state index contributed by atoms with van der Waals surface area (Å²) < 4.78 is 24.7. The first-order valence-electron chi connectivity index (χ1n) is 3.46. The van der Waals surface area contributed by atoms with Crippen molar-refractivity contribution in [2.75, 3.05) is 6.26 Å². The Morgan fingerprint density at radius 2 is 1.80 bits per heavy atom. The molecule has 0 heterocycles. The summed E-state index contributed by atoms with van der Waals surface area (Å²) in [5.41, 5.74) is -0.525. The van der Waals surface area contributed by atoms with Gasteiger partial charge in [0.25, 0.3) is 0 Å². The van der Waals surface area contributed by atoms with Crippen molar-refractivity contribution in [1.29, 1.82) is 0 Å². The molecule has 0 amide bonds. The molecule has 0 aromatic heterocycles. The van der Waals surface area contributed by atoms with Crippen LogP contribution in [0.5, 0.6) is 0 Å². The van der Waals surface area contributed by atoms with E-state index in [-0.39, 0.29) is 4.75 Å². The molecule has 0 aromatic rings. The van der Waals surface area contributed by atoms with Crippen molar-refractivity contribution < 1.29 is 8.78 Å². The standard InChI is InChI=1S/C7H10F2S/c1-10-7-2-6(3-7,4-7)5(8)9/h5H,2-4H2,1H3. The lowest BCUT2D eigenvalue weighted by molar-refractivity contribution is -0.177. The third kappa shape index (κ3) is 0.576. The zero-order chi connectivity index (χ0) is 7.41. The summed E-state index contributed by atoms with van der Waals surface area (Å²) in [6, 6.07) is 0. The lowest BCUT2D eigenvalue weighted by Gasteiger charge is -2.69. The third-order valence-electron chi connectivity index (χ3n) is 2.92. The van der Waals surface area contributed by atoms with E-state index in [0.717, 1.165) is 19.3 Å². The van der Waals surface area contributed by atoms with Crippen LogP contribution < -0.4 is 0 Å². The molecule has 0 aromatic carbocycles. The van der Waals surface area contributed by atoms with E-state index in [9.17, 15) is 8.78 Å². The molecule has 0 N–H and O–H groups in total. The first kappa shape index (κ1) is 6.89. The molecule has 0 radical (unpaired) electrons. The molecule has 10 heavy (non-hydrogen) atoms. The van der Waals surface area contributed by atoms with Crippen molar-refractivity contribution >= 4 is 11.8 Å². The normalized spacial score (nSPS) is 50.4. The van der Waals surface area contributed by atoms with Crippen LogP contribution in [0.25, 0.3) is 0 Å². The number of alkyl halides is 2. The fourth-order valence-electron chi connectivity index (χ4n) is 2.22. The highest BCUT2D eigenvalue weighted by Gasteiger charge is 2.71. The summed E-state index contributed by atoms with van der Waals surface area (Å²) in [6.45, 7) is 0. The van der Waals surface area contributed by atoms with E-state index >= 15 is 0 Å². The molecule has 2 bridgehead atoms. The predicted molar refractivity (Wildman–Crippen MR) is 38.5 cm³/mol. The largest absolute Gasteiger partial charge is 0.244 e. The third-order valence-corrected chi connectivity index (χ3v) is 4.22. The Kier molecular flexibility index (Phi) is 1.16. The van der Waals surface area contributed by atoms with E-state index in [0.29, 0.717) is 0 Å². The molecule has 0 nitrogen and oxygen atoms in total. The SMILES string of the molecule is CSC12CC(C(F)F)(C1)C2. The minimum atomic E-state index is -2.07. The summed E-state index contributed by atoms with van der Waals surface area (Å²) in [5.74, 6) is 0. The van der Waals surface area contributed by atoms with Gasteiger partial charge < -0.3 is 0 Å². The Bertz CT molecular complexity index is 147. The van der Waals surface area contributed by atoms with Crippen molar-refractivity contribution in [3.63, 3.8) is 0 Å². The van der Waals surface area contributed by atoms with Crippen LogP contribution in [-0.2, 0) is 0 Å². The van der Waals surface area contributed by atoms with Gasteiger partial charge in [-0.15, -0.1) is 0 Å². The molecule has 0 unspecified atom stereocenters. The molecule has 3 saturated carbocycles. The van der Waals surface area contributed by atoms with Crippen LogP contribution in [0.2, 0.25) is 0 Å². The summed E-state index contributed by atoms with van der Waals surface area (Å²) in [5, 5.41) is 0. The second-order valence-electron chi connectivity index (χ2n) is 3.58. The van der Waals surface area contributed by atoms with Crippen molar-refractivity contribution in [3.05, 3.63) is 0 Å². The Balaban J connectivity index is 1.98. The van der Waals surface area contributed by atoms with E-state index in [1.165, 1.54) is 0 Å². The van der Waals surface area contributed by atoms with Crippen molar-refractivity contribution in [2.45, 2.75) is 30.4 Å². The topological polar surface area (TPSA) is 0 Å². The summed E-state index contributed by atoms with van der Waals surface area (Å²) in [7, 11) is 0. The molecule has 0 saturated heterocycles. The Morgan fingerprint density at radius 1 is 1.30 bits per heavy atom. The van der Waals surface area contributed by atoms with Crippen LogP contribution in [0.15, 0.2) is 0 Å². The summed E-state index contributed by atoms with van der Waals surface area (Å²) in [6.07, 6.45) is 2.24. The van der Waals surface area contributed by atoms with Gasteiger partial charge in [0.05, 0.1) is 0 Å². The number of thioether (sulfide) groups is 1. The lowest BCUT2D eigenvalue weighted by Crippen LogP contribution is -2.67. The Labute approximate surface area is 63.4 Å². The molecule has 58 valence electrons. The van der Waals surface area contributed by atoms with E-state index in [1.807, 2.05) is 6.26 Å². The monoisotopic (exact) mass is 164 g/mol. The fourth-order valence-corrected chi connectivity index (χ4v) is 3.51. The molecule has 3 aliphatic rings. The first-order valence-corrected chi connectivity index (χ1v) is 4.68. The quantitative estimate of drug-likeness (QED) is 0.604. The molecule has 3 heteroatoms. The zero-order valence-electron chi connectivity index (χ0n) is 5.86. The first-order chi connectivity index (χ1) is 4.63. The molecule has 3 fully saturated rings. The van der Waals surface area contributed by atoms with Crippen LogP contribution in [0.1, 0.15) is 19.3 Å². The second kappa shape index (κ2) is 1.68. The average molecular weight is 164 g/mol. The molecule has 0 aliphatic heterocycles. The smallest absolute Gasteiger partial charge is 0.210 e.